The first-order chi connectivity index (χ1) is 15.2. The van der Waals surface area contributed by atoms with Gasteiger partial charge in [0.25, 0.3) is 0 Å². The summed E-state index contributed by atoms with van der Waals surface area (Å²) in [4.78, 5) is 8.85. The lowest BCUT2D eigenvalue weighted by molar-refractivity contribution is 0.294. The molecule has 31 heavy (non-hydrogen) atoms. The van der Waals surface area contributed by atoms with E-state index in [0.717, 1.165) is 17.1 Å². The number of aryl methyl sites for hydroxylation is 1. The van der Waals surface area contributed by atoms with Crippen LogP contribution < -0.4 is 10.1 Å². The molecule has 0 radical (unpaired) electrons. The van der Waals surface area contributed by atoms with E-state index >= 15 is 0 Å². The molecule has 0 unspecified atom stereocenters. The van der Waals surface area contributed by atoms with E-state index in [1.807, 2.05) is 41.9 Å². The molecular formula is C21H17FN8O. The molecule has 5 rings (SSSR count). The molecule has 0 fully saturated rings. The van der Waals surface area contributed by atoms with E-state index in [2.05, 4.69) is 30.6 Å². The zero-order chi connectivity index (χ0) is 21.2. The molecule has 0 spiro atoms. The normalized spacial score (nSPS) is 11.0. The lowest BCUT2D eigenvalue weighted by Gasteiger charge is -2.07. The van der Waals surface area contributed by atoms with Crippen LogP contribution >= 0.6 is 0 Å². The lowest BCUT2D eigenvalue weighted by Crippen LogP contribution is -2.03. The molecule has 10 heteroatoms. The fraction of sp³-hybridized carbons (Fsp3) is 0.0952. The Hall–Kier alpha value is -4.34. The van der Waals surface area contributed by atoms with Gasteiger partial charge < -0.3 is 10.1 Å². The standard InChI is InChI=1S/C21H17FN8O/c1-29-18(7-10-24-29)26-21-23-9-6-17(25-21)14-8-11-30-19(12-14)27-28-20(30)13-31-16-4-2-15(22)3-5-16/h2-12H,13H2,1H3,(H,23,25,26). The summed E-state index contributed by atoms with van der Waals surface area (Å²) in [6, 6.07) is 13.3. The number of aromatic nitrogens is 7. The van der Waals surface area contributed by atoms with Gasteiger partial charge in [0.05, 0.1) is 11.9 Å². The molecule has 1 N–H and O–H groups in total. The van der Waals surface area contributed by atoms with Crippen molar-refractivity contribution in [3.8, 4) is 17.0 Å². The molecule has 5 aromatic rings. The highest BCUT2D eigenvalue weighted by molar-refractivity contribution is 5.65. The van der Waals surface area contributed by atoms with Gasteiger partial charge in [-0.2, -0.15) is 5.10 Å². The first kappa shape index (κ1) is 18.7. The minimum Gasteiger partial charge on any atom is -0.486 e. The maximum Gasteiger partial charge on any atom is 0.228 e. The zero-order valence-electron chi connectivity index (χ0n) is 16.5. The highest BCUT2D eigenvalue weighted by Crippen LogP contribution is 2.21. The topological polar surface area (TPSA) is 95.1 Å². The van der Waals surface area contributed by atoms with E-state index in [1.165, 1.54) is 12.1 Å². The molecule has 0 saturated carbocycles. The highest BCUT2D eigenvalue weighted by atomic mass is 19.1. The summed E-state index contributed by atoms with van der Waals surface area (Å²) in [6.07, 6.45) is 5.25. The van der Waals surface area contributed by atoms with Crippen LogP contribution in [-0.4, -0.2) is 34.3 Å². The number of rotatable bonds is 6. The summed E-state index contributed by atoms with van der Waals surface area (Å²) in [5, 5.41) is 15.7. The summed E-state index contributed by atoms with van der Waals surface area (Å²) in [5.41, 5.74) is 2.28. The van der Waals surface area contributed by atoms with E-state index in [4.69, 9.17) is 4.74 Å². The number of hydrogen-bond donors (Lipinski definition) is 1. The Morgan fingerprint density at radius 1 is 1.03 bits per heavy atom. The van der Waals surface area contributed by atoms with E-state index in [9.17, 15) is 4.39 Å². The molecule has 0 saturated heterocycles. The van der Waals surface area contributed by atoms with Gasteiger partial charge in [-0.05, 0) is 42.5 Å². The average Bonchev–Trinajstić information content (AvgIpc) is 3.39. The second kappa shape index (κ2) is 7.82. The quantitative estimate of drug-likeness (QED) is 0.453. The third-order valence-electron chi connectivity index (χ3n) is 4.67. The number of hydrogen-bond acceptors (Lipinski definition) is 7. The van der Waals surface area contributed by atoms with Gasteiger partial charge in [-0.1, -0.05) is 0 Å². The molecule has 1 aromatic carbocycles. The Balaban J connectivity index is 1.36. The van der Waals surface area contributed by atoms with Crippen molar-refractivity contribution in [2.75, 3.05) is 5.32 Å². The van der Waals surface area contributed by atoms with Gasteiger partial charge in [-0.25, -0.2) is 14.4 Å². The maximum atomic E-state index is 13.0. The van der Waals surface area contributed by atoms with Crippen LogP contribution in [-0.2, 0) is 13.7 Å². The third kappa shape index (κ3) is 3.90. The van der Waals surface area contributed by atoms with E-state index < -0.39 is 0 Å². The van der Waals surface area contributed by atoms with Gasteiger partial charge in [0.2, 0.25) is 5.95 Å². The van der Waals surface area contributed by atoms with Crippen LogP contribution in [0.3, 0.4) is 0 Å². The number of pyridine rings is 1. The van der Waals surface area contributed by atoms with Crippen molar-refractivity contribution in [1.82, 2.24) is 34.3 Å². The van der Waals surface area contributed by atoms with Gasteiger partial charge in [-0.15, -0.1) is 10.2 Å². The van der Waals surface area contributed by atoms with Crippen LogP contribution in [0.1, 0.15) is 5.82 Å². The Kier molecular flexibility index (Phi) is 4.71. The minimum atomic E-state index is -0.309. The van der Waals surface area contributed by atoms with Gasteiger partial charge in [0.1, 0.15) is 24.0 Å². The largest absolute Gasteiger partial charge is 0.486 e. The van der Waals surface area contributed by atoms with Gasteiger partial charge in [0, 0.05) is 31.1 Å². The van der Waals surface area contributed by atoms with Crippen LogP contribution in [0, 0.1) is 5.82 Å². The second-order valence-corrected chi connectivity index (χ2v) is 6.73. The first-order valence-corrected chi connectivity index (χ1v) is 9.46. The van der Waals surface area contributed by atoms with E-state index in [-0.39, 0.29) is 12.4 Å². The summed E-state index contributed by atoms with van der Waals surface area (Å²) in [5.74, 6) is 2.14. The van der Waals surface area contributed by atoms with E-state index in [0.29, 0.717) is 23.2 Å². The fourth-order valence-electron chi connectivity index (χ4n) is 3.07. The number of fused-ring (bicyclic) bond motifs is 1. The van der Waals surface area contributed by atoms with Crippen molar-refractivity contribution in [2.24, 2.45) is 7.05 Å². The predicted octanol–water partition coefficient (Wildman–Crippen LogP) is 3.38. The zero-order valence-corrected chi connectivity index (χ0v) is 16.5. The van der Waals surface area contributed by atoms with E-state index in [1.54, 1.807) is 29.2 Å². The predicted molar refractivity (Wildman–Crippen MR) is 111 cm³/mol. The molecule has 0 aliphatic carbocycles. The number of benzene rings is 1. The molecule has 9 nitrogen and oxygen atoms in total. The number of halogens is 1. The van der Waals surface area contributed by atoms with Crippen molar-refractivity contribution in [2.45, 2.75) is 6.61 Å². The van der Waals surface area contributed by atoms with Gasteiger partial charge in [0.15, 0.2) is 11.5 Å². The summed E-state index contributed by atoms with van der Waals surface area (Å²) >= 11 is 0. The van der Waals surface area contributed by atoms with Crippen molar-refractivity contribution >= 4 is 17.4 Å². The highest BCUT2D eigenvalue weighted by Gasteiger charge is 2.10. The van der Waals surface area contributed by atoms with Crippen LogP contribution in [0.2, 0.25) is 0 Å². The number of nitrogens with zero attached hydrogens (tertiary/aromatic N) is 7. The summed E-state index contributed by atoms with van der Waals surface area (Å²) < 4.78 is 22.2. The smallest absolute Gasteiger partial charge is 0.228 e. The lowest BCUT2D eigenvalue weighted by atomic mass is 10.2. The maximum absolute atomic E-state index is 13.0. The number of ether oxygens (including phenoxy) is 1. The Morgan fingerprint density at radius 3 is 2.71 bits per heavy atom. The van der Waals surface area contributed by atoms with Crippen molar-refractivity contribution in [3.63, 3.8) is 0 Å². The summed E-state index contributed by atoms with van der Waals surface area (Å²) in [7, 11) is 1.84. The molecule has 0 atom stereocenters. The van der Waals surface area contributed by atoms with Gasteiger partial charge >= 0.3 is 0 Å². The van der Waals surface area contributed by atoms with Crippen LogP contribution in [0.4, 0.5) is 16.2 Å². The minimum absolute atomic E-state index is 0.207. The molecule has 0 amide bonds. The average molecular weight is 416 g/mol. The van der Waals surface area contributed by atoms with Crippen molar-refractivity contribution in [3.05, 3.63) is 78.8 Å². The Morgan fingerprint density at radius 2 is 1.90 bits per heavy atom. The Bertz CT molecular complexity index is 1350. The van der Waals surface area contributed by atoms with Gasteiger partial charge in [-0.3, -0.25) is 9.08 Å². The molecule has 0 aliphatic heterocycles. The SMILES string of the molecule is Cn1nccc1Nc1nccc(-c2ccn3c(COc4ccc(F)cc4)nnc3c2)n1. The van der Waals surface area contributed by atoms with Crippen LogP contribution in [0.25, 0.3) is 16.9 Å². The molecule has 0 bridgehead atoms. The third-order valence-corrected chi connectivity index (χ3v) is 4.67. The first-order valence-electron chi connectivity index (χ1n) is 9.46. The number of anilines is 2. The summed E-state index contributed by atoms with van der Waals surface area (Å²) in [6.45, 7) is 0.207. The molecule has 4 aromatic heterocycles. The molecule has 0 aliphatic rings. The fourth-order valence-corrected chi connectivity index (χ4v) is 3.07. The van der Waals surface area contributed by atoms with Crippen molar-refractivity contribution < 1.29 is 9.13 Å². The number of nitrogens with one attached hydrogen (secondary N) is 1. The Labute approximate surface area is 176 Å². The molecular weight excluding hydrogens is 399 g/mol. The van der Waals surface area contributed by atoms with Crippen LogP contribution in [0.5, 0.6) is 5.75 Å². The molecule has 154 valence electrons. The monoisotopic (exact) mass is 416 g/mol. The second-order valence-electron chi connectivity index (χ2n) is 6.73. The molecule has 4 heterocycles. The van der Waals surface area contributed by atoms with Crippen LogP contribution in [0.15, 0.2) is 67.1 Å². The van der Waals surface area contributed by atoms with Crippen molar-refractivity contribution in [1.29, 1.82) is 0 Å².